The number of esters is 1. The molecular formula is C13H18FN3O5S2. The summed E-state index contributed by atoms with van der Waals surface area (Å²) in [5.74, 6) is -0.262. The maximum atomic E-state index is 13.1. The van der Waals surface area contributed by atoms with E-state index in [0.29, 0.717) is 11.5 Å². The maximum Gasteiger partial charge on any atom is 0.351 e. The maximum absolute atomic E-state index is 13.1. The lowest BCUT2D eigenvalue weighted by atomic mass is 10.5. The predicted molar refractivity (Wildman–Crippen MR) is 89.0 cm³/mol. The normalized spacial score (nSPS) is 26.0. The molecule has 3 atom stereocenters. The van der Waals surface area contributed by atoms with Crippen LogP contribution in [0.4, 0.5) is 10.2 Å². The molecule has 0 radical (unpaired) electrons. The molecule has 0 unspecified atom stereocenters. The highest BCUT2D eigenvalue weighted by molar-refractivity contribution is 8.00. The van der Waals surface area contributed by atoms with Crippen LogP contribution in [0, 0.1) is 5.82 Å². The number of nitrogen functional groups attached to an aromatic ring is 1. The summed E-state index contributed by atoms with van der Waals surface area (Å²) in [6.07, 6.45) is 1.28. The Labute approximate surface area is 145 Å². The molecule has 2 fully saturated rings. The molecule has 1 aromatic rings. The van der Waals surface area contributed by atoms with Crippen LogP contribution in [0.3, 0.4) is 0 Å². The van der Waals surface area contributed by atoms with Gasteiger partial charge < -0.3 is 20.3 Å². The van der Waals surface area contributed by atoms with Gasteiger partial charge in [-0.3, -0.25) is 9.36 Å². The van der Waals surface area contributed by atoms with Gasteiger partial charge in [0.2, 0.25) is 0 Å². The van der Waals surface area contributed by atoms with Crippen molar-refractivity contribution in [2.45, 2.75) is 30.4 Å². The zero-order valence-electron chi connectivity index (χ0n) is 12.9. The summed E-state index contributed by atoms with van der Waals surface area (Å²) in [4.78, 5) is 25.1. The van der Waals surface area contributed by atoms with Crippen LogP contribution in [0.5, 0.6) is 0 Å². The number of thioether (sulfide) groups is 2. The van der Waals surface area contributed by atoms with Crippen molar-refractivity contribution < 1.29 is 23.8 Å². The Morgan fingerprint density at radius 2 is 2.21 bits per heavy atom. The van der Waals surface area contributed by atoms with Gasteiger partial charge in [0.25, 0.3) is 0 Å². The Balaban J connectivity index is 0.000000219. The fourth-order valence-corrected chi connectivity index (χ4v) is 3.66. The number of rotatable bonds is 3. The number of hydrogen-bond donors (Lipinski definition) is 2. The van der Waals surface area contributed by atoms with Gasteiger partial charge in [0.1, 0.15) is 17.1 Å². The Morgan fingerprint density at radius 3 is 2.71 bits per heavy atom. The third-order valence-electron chi connectivity index (χ3n) is 3.11. The van der Waals surface area contributed by atoms with E-state index in [4.69, 9.17) is 20.3 Å². The fourth-order valence-electron chi connectivity index (χ4n) is 1.93. The highest BCUT2D eigenvalue weighted by atomic mass is 32.2. The van der Waals surface area contributed by atoms with Crippen LogP contribution in [-0.4, -0.2) is 49.6 Å². The van der Waals surface area contributed by atoms with E-state index in [1.54, 1.807) is 11.8 Å². The Hall–Kier alpha value is -1.30. The minimum Gasteiger partial charge on any atom is -0.451 e. The minimum atomic E-state index is -0.763. The first-order valence-electron chi connectivity index (χ1n) is 7.17. The lowest BCUT2D eigenvalue weighted by Crippen LogP contribution is -2.29. The average Bonchev–Trinajstić information content (AvgIpc) is 3.20. The number of nitrogens with two attached hydrogens (primary N) is 1. The van der Waals surface area contributed by atoms with Gasteiger partial charge in [-0.1, -0.05) is 6.92 Å². The highest BCUT2D eigenvalue weighted by Crippen LogP contribution is 2.30. The first-order chi connectivity index (χ1) is 11.4. The van der Waals surface area contributed by atoms with Gasteiger partial charge in [-0.2, -0.15) is 4.98 Å². The van der Waals surface area contributed by atoms with Gasteiger partial charge in [-0.15, -0.1) is 23.5 Å². The molecule has 0 aromatic carbocycles. The summed E-state index contributed by atoms with van der Waals surface area (Å²) in [5.41, 5.74) is 4.24. The second kappa shape index (κ2) is 8.70. The molecule has 0 bridgehead atoms. The molecule has 2 aliphatic rings. The van der Waals surface area contributed by atoms with E-state index >= 15 is 0 Å². The first-order valence-corrected chi connectivity index (χ1v) is 9.27. The van der Waals surface area contributed by atoms with E-state index in [0.717, 1.165) is 17.2 Å². The van der Waals surface area contributed by atoms with Crippen LogP contribution in [0.15, 0.2) is 11.0 Å². The number of anilines is 1. The van der Waals surface area contributed by atoms with Gasteiger partial charge in [-0.25, -0.2) is 9.18 Å². The van der Waals surface area contributed by atoms with Gasteiger partial charge in [-0.05, 0) is 6.42 Å². The van der Waals surface area contributed by atoms with Crippen molar-refractivity contribution in [2.24, 2.45) is 0 Å². The standard InChI is InChI=1S/C8H10FN3O3S.C5H8O2S/c9-4-1-12(8(14)11-7(4)10)5-3-16-6(2-13)15-5;1-2-5-7-4(6)3-8-5/h1,5-6,13H,2-3H2,(H2,10,11,14);5H,2-3H2,1H3/t5-,6+;5-/m01/s1. The molecule has 0 spiro atoms. The largest absolute Gasteiger partial charge is 0.451 e. The molecule has 2 aliphatic heterocycles. The number of cyclic esters (lactones) is 1. The van der Waals surface area contributed by atoms with E-state index < -0.39 is 29.0 Å². The minimum absolute atomic E-state index is 0.0677. The monoisotopic (exact) mass is 379 g/mol. The predicted octanol–water partition coefficient (Wildman–Crippen LogP) is 0.557. The topological polar surface area (TPSA) is 117 Å². The summed E-state index contributed by atoms with van der Waals surface area (Å²) in [7, 11) is 0. The second-order valence-corrected chi connectivity index (χ2v) is 7.18. The third-order valence-corrected chi connectivity index (χ3v) is 5.42. The number of carbonyl (C=O) groups is 1. The zero-order valence-corrected chi connectivity index (χ0v) is 14.5. The van der Waals surface area contributed by atoms with E-state index in [-0.39, 0.29) is 18.0 Å². The third kappa shape index (κ3) is 4.85. The van der Waals surface area contributed by atoms with E-state index in [1.165, 1.54) is 11.8 Å². The molecule has 3 heterocycles. The Bertz CT molecular complexity index is 645. The lowest BCUT2D eigenvalue weighted by Gasteiger charge is -2.13. The average molecular weight is 379 g/mol. The van der Waals surface area contributed by atoms with Crippen LogP contribution < -0.4 is 11.4 Å². The van der Waals surface area contributed by atoms with Crippen LogP contribution in [0.2, 0.25) is 0 Å². The lowest BCUT2D eigenvalue weighted by molar-refractivity contribution is -0.140. The summed E-state index contributed by atoms with van der Waals surface area (Å²) in [6, 6.07) is 0. The second-order valence-electron chi connectivity index (χ2n) is 4.84. The van der Waals surface area contributed by atoms with Crippen LogP contribution in [0.25, 0.3) is 0 Å². The van der Waals surface area contributed by atoms with E-state index in [1.807, 2.05) is 6.92 Å². The van der Waals surface area contributed by atoms with Crippen molar-refractivity contribution in [3.8, 4) is 0 Å². The number of halogens is 1. The Morgan fingerprint density at radius 1 is 1.46 bits per heavy atom. The van der Waals surface area contributed by atoms with Crippen molar-refractivity contribution in [2.75, 3.05) is 23.8 Å². The van der Waals surface area contributed by atoms with E-state index in [9.17, 15) is 14.0 Å². The van der Waals surface area contributed by atoms with Crippen LogP contribution in [0.1, 0.15) is 19.6 Å². The fraction of sp³-hybridized carbons (Fsp3) is 0.615. The van der Waals surface area contributed by atoms with Crippen molar-refractivity contribution in [1.82, 2.24) is 9.55 Å². The van der Waals surface area contributed by atoms with Crippen molar-refractivity contribution in [1.29, 1.82) is 0 Å². The first kappa shape index (κ1) is 19.0. The van der Waals surface area contributed by atoms with Crippen molar-refractivity contribution in [3.63, 3.8) is 0 Å². The quantitative estimate of drug-likeness (QED) is 0.726. The molecular weight excluding hydrogens is 361 g/mol. The number of aromatic nitrogens is 2. The molecule has 3 rings (SSSR count). The number of ether oxygens (including phenoxy) is 2. The molecule has 134 valence electrons. The SMILES string of the molecule is CC[C@@H]1OC(=O)CS1.Nc1nc(=O)n([C@@H]2CS[C@H](CO)O2)cc1F. The summed E-state index contributed by atoms with van der Waals surface area (Å²) < 4.78 is 24.3. The Kier molecular flexibility index (Phi) is 6.90. The smallest absolute Gasteiger partial charge is 0.351 e. The van der Waals surface area contributed by atoms with Crippen LogP contribution >= 0.6 is 23.5 Å². The molecule has 0 saturated carbocycles. The summed E-state index contributed by atoms with van der Waals surface area (Å²) in [6.45, 7) is 1.86. The molecule has 2 saturated heterocycles. The molecule has 24 heavy (non-hydrogen) atoms. The van der Waals surface area contributed by atoms with Gasteiger partial charge in [0, 0.05) is 5.75 Å². The molecule has 8 nitrogen and oxygen atoms in total. The zero-order chi connectivity index (χ0) is 17.7. The number of nitrogens with zero attached hydrogens (tertiary/aromatic N) is 2. The summed E-state index contributed by atoms with van der Waals surface area (Å²) >= 11 is 2.93. The number of hydrogen-bond acceptors (Lipinski definition) is 9. The van der Waals surface area contributed by atoms with Gasteiger partial charge in [0.15, 0.2) is 11.6 Å². The molecule has 11 heteroatoms. The number of aliphatic hydroxyl groups excluding tert-OH is 1. The van der Waals surface area contributed by atoms with Crippen LogP contribution in [-0.2, 0) is 14.3 Å². The number of carbonyl (C=O) groups excluding carboxylic acids is 1. The molecule has 0 amide bonds. The molecule has 0 aliphatic carbocycles. The number of aliphatic hydroxyl groups is 1. The highest BCUT2D eigenvalue weighted by Gasteiger charge is 2.28. The molecule has 1 aromatic heterocycles. The van der Waals surface area contributed by atoms with E-state index in [2.05, 4.69) is 4.98 Å². The van der Waals surface area contributed by atoms with Gasteiger partial charge >= 0.3 is 11.7 Å². The van der Waals surface area contributed by atoms with Crippen molar-refractivity contribution >= 4 is 35.3 Å². The molecule has 3 N–H and O–H groups in total. The van der Waals surface area contributed by atoms with Crippen molar-refractivity contribution in [3.05, 3.63) is 22.5 Å². The summed E-state index contributed by atoms with van der Waals surface area (Å²) in [5, 5.41) is 8.86. The van der Waals surface area contributed by atoms with Gasteiger partial charge in [0.05, 0.1) is 18.6 Å².